The number of amides is 2. The summed E-state index contributed by atoms with van der Waals surface area (Å²) in [6.45, 7) is 0. The van der Waals surface area contributed by atoms with Crippen LogP contribution in [-0.2, 0) is 7.05 Å². The normalized spacial score (nSPS) is 10.5. The Morgan fingerprint density at radius 3 is 2.39 bits per heavy atom. The number of nitrogens with zero attached hydrogens (tertiary/aromatic N) is 2. The molecule has 0 atom stereocenters. The van der Waals surface area contributed by atoms with Crippen molar-refractivity contribution in [2.45, 2.75) is 0 Å². The number of hydrazine groups is 1. The molecule has 0 radical (unpaired) electrons. The third kappa shape index (κ3) is 2.98. The Morgan fingerprint density at radius 1 is 1.09 bits per heavy atom. The van der Waals surface area contributed by atoms with Crippen molar-refractivity contribution in [1.29, 1.82) is 0 Å². The highest BCUT2D eigenvalue weighted by Crippen LogP contribution is 2.24. The number of hydrogen-bond acceptors (Lipinski definition) is 4. The van der Waals surface area contributed by atoms with Crippen molar-refractivity contribution >= 4 is 22.6 Å². The van der Waals surface area contributed by atoms with Gasteiger partial charge in [0, 0.05) is 13.2 Å². The Balaban J connectivity index is 1.75. The van der Waals surface area contributed by atoms with Gasteiger partial charge < -0.3 is 5.11 Å². The number of carbonyl (C=O) groups is 2. The van der Waals surface area contributed by atoms with Gasteiger partial charge in [0.1, 0.15) is 5.75 Å². The minimum atomic E-state index is -0.606. The lowest BCUT2D eigenvalue weighted by molar-refractivity contribution is 0.0845. The maximum absolute atomic E-state index is 12.1. The Labute approximate surface area is 131 Å². The van der Waals surface area contributed by atoms with Gasteiger partial charge in [0.25, 0.3) is 11.8 Å². The standard InChI is InChI=1S/C16H14N4O3/c1-20-9-12(8-17-20)15(22)18-19-16(23)13-6-10-4-2-3-5-11(10)7-14(13)21/h2-9,21H,1H3,(H,18,22)(H,19,23). The van der Waals surface area contributed by atoms with Crippen LogP contribution in [0.2, 0.25) is 0 Å². The van der Waals surface area contributed by atoms with Crippen LogP contribution < -0.4 is 10.9 Å². The lowest BCUT2D eigenvalue weighted by atomic mass is 10.1. The Kier molecular flexibility index (Phi) is 3.68. The average Bonchev–Trinajstić information content (AvgIpc) is 2.98. The van der Waals surface area contributed by atoms with Crippen molar-refractivity contribution in [3.63, 3.8) is 0 Å². The molecule has 2 amide bonds. The van der Waals surface area contributed by atoms with Crippen molar-refractivity contribution in [3.05, 3.63) is 59.9 Å². The first-order chi connectivity index (χ1) is 11.0. The van der Waals surface area contributed by atoms with Crippen molar-refractivity contribution in [2.75, 3.05) is 0 Å². The van der Waals surface area contributed by atoms with Crippen LogP contribution in [0.5, 0.6) is 5.75 Å². The van der Waals surface area contributed by atoms with E-state index < -0.39 is 11.8 Å². The fraction of sp³-hybridized carbons (Fsp3) is 0.0625. The molecule has 3 N–H and O–H groups in total. The van der Waals surface area contributed by atoms with Crippen LogP contribution in [0.4, 0.5) is 0 Å². The number of rotatable bonds is 2. The summed E-state index contributed by atoms with van der Waals surface area (Å²) in [5.74, 6) is -1.26. The Bertz CT molecular complexity index is 901. The van der Waals surface area contributed by atoms with Gasteiger partial charge in [0.15, 0.2) is 0 Å². The van der Waals surface area contributed by atoms with Crippen LogP contribution in [0, 0.1) is 0 Å². The zero-order valence-corrected chi connectivity index (χ0v) is 12.3. The van der Waals surface area contributed by atoms with Gasteiger partial charge in [-0.1, -0.05) is 24.3 Å². The summed E-state index contributed by atoms with van der Waals surface area (Å²) in [6.07, 6.45) is 2.91. The van der Waals surface area contributed by atoms with Gasteiger partial charge in [0.2, 0.25) is 0 Å². The first-order valence-electron chi connectivity index (χ1n) is 6.85. The fourth-order valence-electron chi connectivity index (χ4n) is 2.20. The summed E-state index contributed by atoms with van der Waals surface area (Å²) in [5, 5.41) is 15.5. The number of benzene rings is 2. The van der Waals surface area contributed by atoms with E-state index in [1.54, 1.807) is 13.1 Å². The third-order valence-corrected chi connectivity index (χ3v) is 3.37. The quantitative estimate of drug-likeness (QED) is 0.623. The van der Waals surface area contributed by atoms with Crippen LogP contribution >= 0.6 is 0 Å². The maximum atomic E-state index is 12.1. The number of hydrogen-bond donors (Lipinski definition) is 3. The van der Waals surface area contributed by atoms with E-state index in [1.165, 1.54) is 23.1 Å². The molecule has 0 spiro atoms. The van der Waals surface area contributed by atoms with Crippen molar-refractivity contribution in [1.82, 2.24) is 20.6 Å². The van der Waals surface area contributed by atoms with Gasteiger partial charge in [-0.3, -0.25) is 25.1 Å². The number of fused-ring (bicyclic) bond motifs is 1. The lowest BCUT2D eigenvalue weighted by Gasteiger charge is -2.09. The van der Waals surface area contributed by atoms with Gasteiger partial charge in [-0.25, -0.2) is 0 Å². The molecule has 0 bridgehead atoms. The molecule has 0 saturated carbocycles. The highest BCUT2D eigenvalue weighted by atomic mass is 16.3. The van der Waals surface area contributed by atoms with Gasteiger partial charge in [-0.05, 0) is 22.9 Å². The molecular weight excluding hydrogens is 296 g/mol. The predicted molar refractivity (Wildman–Crippen MR) is 83.8 cm³/mol. The maximum Gasteiger partial charge on any atom is 0.273 e. The van der Waals surface area contributed by atoms with Crippen LogP contribution in [0.3, 0.4) is 0 Å². The molecule has 0 aliphatic heterocycles. The summed E-state index contributed by atoms with van der Waals surface area (Å²) < 4.78 is 1.48. The van der Waals surface area contributed by atoms with Crippen LogP contribution in [-0.4, -0.2) is 26.7 Å². The van der Waals surface area contributed by atoms with E-state index in [2.05, 4.69) is 16.0 Å². The number of aromatic hydroxyl groups is 1. The molecule has 0 fully saturated rings. The molecule has 3 rings (SSSR count). The molecule has 7 nitrogen and oxygen atoms in total. The third-order valence-electron chi connectivity index (χ3n) is 3.37. The molecule has 1 heterocycles. The first kappa shape index (κ1) is 14.6. The van der Waals surface area contributed by atoms with Gasteiger partial charge in [0.05, 0.1) is 17.3 Å². The monoisotopic (exact) mass is 310 g/mol. The molecule has 0 aliphatic carbocycles. The van der Waals surface area contributed by atoms with E-state index in [-0.39, 0.29) is 11.3 Å². The zero-order chi connectivity index (χ0) is 16.4. The average molecular weight is 310 g/mol. The van der Waals surface area contributed by atoms with E-state index in [9.17, 15) is 14.7 Å². The second kappa shape index (κ2) is 5.80. The SMILES string of the molecule is Cn1cc(C(=O)NNC(=O)c2cc3ccccc3cc2O)cn1. The van der Waals surface area contributed by atoms with Gasteiger partial charge in [-0.15, -0.1) is 0 Å². The number of phenolic OH excluding ortho intramolecular Hbond substituents is 1. The molecule has 0 unspecified atom stereocenters. The molecule has 116 valence electrons. The Hall–Kier alpha value is -3.35. The van der Waals surface area contributed by atoms with E-state index in [0.29, 0.717) is 5.56 Å². The largest absolute Gasteiger partial charge is 0.507 e. The number of carbonyl (C=O) groups excluding carboxylic acids is 2. The summed E-state index contributed by atoms with van der Waals surface area (Å²) in [7, 11) is 1.68. The number of nitrogens with one attached hydrogen (secondary N) is 2. The minimum absolute atomic E-state index is 0.0789. The van der Waals surface area contributed by atoms with Gasteiger partial charge in [-0.2, -0.15) is 5.10 Å². The van der Waals surface area contributed by atoms with Crippen LogP contribution in [0.15, 0.2) is 48.8 Å². The molecule has 2 aromatic carbocycles. The molecule has 23 heavy (non-hydrogen) atoms. The number of phenols is 1. The summed E-state index contributed by atoms with van der Waals surface area (Å²) in [5.41, 5.74) is 4.95. The first-order valence-corrected chi connectivity index (χ1v) is 6.85. The summed E-state index contributed by atoms with van der Waals surface area (Å²) in [4.78, 5) is 24.0. The molecule has 3 aromatic rings. The van der Waals surface area contributed by atoms with Crippen LogP contribution in [0.25, 0.3) is 10.8 Å². The van der Waals surface area contributed by atoms with Crippen molar-refractivity contribution in [3.8, 4) is 5.75 Å². The molecule has 1 aromatic heterocycles. The molecule has 0 aliphatic rings. The second-order valence-electron chi connectivity index (χ2n) is 5.03. The lowest BCUT2D eigenvalue weighted by Crippen LogP contribution is -2.41. The predicted octanol–water partition coefficient (Wildman–Crippen LogP) is 1.35. The smallest absolute Gasteiger partial charge is 0.273 e. The van der Waals surface area contributed by atoms with Crippen molar-refractivity contribution < 1.29 is 14.7 Å². The highest BCUT2D eigenvalue weighted by Gasteiger charge is 2.14. The van der Waals surface area contributed by atoms with E-state index in [1.807, 2.05) is 24.3 Å². The molecular formula is C16H14N4O3. The number of aromatic nitrogens is 2. The zero-order valence-electron chi connectivity index (χ0n) is 12.3. The second-order valence-corrected chi connectivity index (χ2v) is 5.03. The topological polar surface area (TPSA) is 96.2 Å². The highest BCUT2D eigenvalue weighted by molar-refractivity contribution is 6.03. The van der Waals surface area contributed by atoms with Crippen LogP contribution in [0.1, 0.15) is 20.7 Å². The van der Waals surface area contributed by atoms with E-state index >= 15 is 0 Å². The Morgan fingerprint density at radius 2 is 1.74 bits per heavy atom. The molecule has 0 saturated heterocycles. The van der Waals surface area contributed by atoms with E-state index in [4.69, 9.17) is 0 Å². The minimum Gasteiger partial charge on any atom is -0.507 e. The van der Waals surface area contributed by atoms with E-state index in [0.717, 1.165) is 10.8 Å². The molecule has 7 heteroatoms. The summed E-state index contributed by atoms with van der Waals surface area (Å²) in [6, 6.07) is 10.4. The van der Waals surface area contributed by atoms with Gasteiger partial charge >= 0.3 is 0 Å². The summed E-state index contributed by atoms with van der Waals surface area (Å²) >= 11 is 0. The number of aryl methyl sites for hydroxylation is 1. The fourth-order valence-corrected chi connectivity index (χ4v) is 2.20. The van der Waals surface area contributed by atoms with Crippen molar-refractivity contribution in [2.24, 2.45) is 7.05 Å².